The van der Waals surface area contributed by atoms with Crippen LogP contribution in [0.5, 0.6) is 5.88 Å². The van der Waals surface area contributed by atoms with Crippen LogP contribution in [-0.2, 0) is 14.9 Å². The number of nitrogens with zero attached hydrogens (tertiary/aromatic N) is 2. The van der Waals surface area contributed by atoms with Crippen molar-refractivity contribution < 1.29 is 19.1 Å². The lowest BCUT2D eigenvalue weighted by atomic mass is 9.69. The molecule has 4 N–H and O–H groups in total. The average Bonchev–Trinajstić information content (AvgIpc) is 3.15. The Morgan fingerprint density at radius 3 is 2.96 bits per heavy atom. The van der Waals surface area contributed by atoms with Gasteiger partial charge in [0.25, 0.3) is 0 Å². The highest BCUT2D eigenvalue weighted by Crippen LogP contribution is 2.54. The van der Waals surface area contributed by atoms with Gasteiger partial charge in [-0.05, 0) is 18.2 Å². The molecule has 1 atom stereocenters. The number of anilines is 1. The highest BCUT2D eigenvalue weighted by Gasteiger charge is 2.59. The van der Waals surface area contributed by atoms with Gasteiger partial charge in [0.05, 0.1) is 12.7 Å². The Morgan fingerprint density at radius 1 is 1.50 bits per heavy atom. The fourth-order valence-corrected chi connectivity index (χ4v) is 3.54. The molecule has 0 fully saturated rings. The first-order valence-corrected chi connectivity index (χ1v) is 7.69. The SMILES string of the molecule is COC(=O)c1[nH]nc2c1C1(C(=O)Nc3ccc(Cl)cc31)C(C#N)=C(N)O2. The van der Waals surface area contributed by atoms with Gasteiger partial charge in [-0.25, -0.2) is 4.79 Å². The Labute approximate surface area is 151 Å². The lowest BCUT2D eigenvalue weighted by Crippen LogP contribution is -2.43. The summed E-state index contributed by atoms with van der Waals surface area (Å²) in [5, 5.41) is 19.2. The Morgan fingerprint density at radius 2 is 2.27 bits per heavy atom. The van der Waals surface area contributed by atoms with Gasteiger partial charge in [0.15, 0.2) is 5.69 Å². The summed E-state index contributed by atoms with van der Waals surface area (Å²) < 4.78 is 10.1. The van der Waals surface area contributed by atoms with Gasteiger partial charge in [0.1, 0.15) is 17.1 Å². The predicted molar refractivity (Wildman–Crippen MR) is 88.2 cm³/mol. The van der Waals surface area contributed by atoms with Crippen molar-refractivity contribution in [3.63, 3.8) is 0 Å². The number of nitriles is 1. The number of aromatic amines is 1. The van der Waals surface area contributed by atoms with Crippen LogP contribution in [0.2, 0.25) is 5.02 Å². The van der Waals surface area contributed by atoms with Crippen molar-refractivity contribution in [2.45, 2.75) is 5.41 Å². The Kier molecular flexibility index (Phi) is 3.22. The first-order chi connectivity index (χ1) is 12.4. The normalized spacial score (nSPS) is 20.1. The number of esters is 1. The van der Waals surface area contributed by atoms with E-state index in [-0.39, 0.29) is 28.6 Å². The van der Waals surface area contributed by atoms with Gasteiger partial charge < -0.3 is 20.5 Å². The quantitative estimate of drug-likeness (QED) is 0.638. The second-order valence-corrected chi connectivity index (χ2v) is 6.05. The molecule has 3 heterocycles. The summed E-state index contributed by atoms with van der Waals surface area (Å²) in [6.07, 6.45) is 0. The third-order valence-corrected chi connectivity index (χ3v) is 4.65. The highest BCUT2D eigenvalue weighted by molar-refractivity contribution is 6.31. The standard InChI is InChI=1S/C16H10ClN5O4/c1-25-14(23)11-10-13(22-21-11)26-12(19)8(5-18)16(10)7-4-6(17)2-3-9(7)20-15(16)24/h2-4H,19H2,1H3,(H,20,24)(H,21,22). The number of H-pyrrole nitrogens is 1. The van der Waals surface area contributed by atoms with E-state index in [1.54, 1.807) is 12.1 Å². The summed E-state index contributed by atoms with van der Waals surface area (Å²) in [5.74, 6) is -1.73. The highest BCUT2D eigenvalue weighted by atomic mass is 35.5. The van der Waals surface area contributed by atoms with Crippen LogP contribution in [0.15, 0.2) is 29.7 Å². The number of ether oxygens (including phenoxy) is 2. The van der Waals surface area contributed by atoms with Crippen molar-refractivity contribution in [1.29, 1.82) is 5.26 Å². The number of fused-ring (bicyclic) bond motifs is 4. The van der Waals surface area contributed by atoms with Crippen LogP contribution in [0.1, 0.15) is 21.6 Å². The van der Waals surface area contributed by atoms with Crippen LogP contribution in [0.25, 0.3) is 0 Å². The van der Waals surface area contributed by atoms with Crippen LogP contribution in [-0.4, -0.2) is 29.2 Å². The third kappa shape index (κ3) is 1.76. The van der Waals surface area contributed by atoms with Crippen LogP contribution >= 0.6 is 11.6 Å². The zero-order valence-corrected chi connectivity index (χ0v) is 14.0. The van der Waals surface area contributed by atoms with Gasteiger partial charge in [-0.1, -0.05) is 11.6 Å². The lowest BCUT2D eigenvalue weighted by molar-refractivity contribution is -0.118. The molecule has 1 aromatic carbocycles. The first kappa shape index (κ1) is 16.0. The third-order valence-electron chi connectivity index (χ3n) is 4.41. The van der Waals surface area contributed by atoms with Crippen LogP contribution in [0.3, 0.4) is 0 Å². The minimum atomic E-state index is -1.73. The van der Waals surface area contributed by atoms with Crippen molar-refractivity contribution in [3.8, 4) is 11.9 Å². The smallest absolute Gasteiger partial charge is 0.356 e. The number of rotatable bonds is 1. The van der Waals surface area contributed by atoms with E-state index in [9.17, 15) is 14.9 Å². The van der Waals surface area contributed by atoms with Crippen molar-refractivity contribution in [1.82, 2.24) is 10.2 Å². The molecule has 1 unspecified atom stereocenters. The molecule has 1 spiro atoms. The number of methoxy groups -OCH3 is 1. The van der Waals surface area contributed by atoms with E-state index in [2.05, 4.69) is 15.5 Å². The van der Waals surface area contributed by atoms with Crippen LogP contribution < -0.4 is 15.8 Å². The van der Waals surface area contributed by atoms with Gasteiger partial charge in [-0.15, -0.1) is 5.10 Å². The molecule has 0 bridgehead atoms. The maximum atomic E-state index is 13.1. The van der Waals surface area contributed by atoms with E-state index in [1.165, 1.54) is 13.2 Å². The van der Waals surface area contributed by atoms with Crippen LogP contribution in [0.4, 0.5) is 5.69 Å². The largest absolute Gasteiger partial charge is 0.464 e. The molecule has 130 valence electrons. The molecule has 2 aliphatic heterocycles. The fourth-order valence-electron chi connectivity index (χ4n) is 3.37. The summed E-state index contributed by atoms with van der Waals surface area (Å²) >= 11 is 6.12. The van der Waals surface area contributed by atoms with Gasteiger partial charge in [-0.3, -0.25) is 9.89 Å². The van der Waals surface area contributed by atoms with Crippen LogP contribution in [0, 0.1) is 11.3 Å². The minimum absolute atomic E-state index is 0.0496. The maximum absolute atomic E-state index is 13.1. The minimum Gasteiger partial charge on any atom is -0.464 e. The second-order valence-electron chi connectivity index (χ2n) is 5.62. The molecule has 1 amide bonds. The number of hydrogen-bond donors (Lipinski definition) is 3. The number of hydrogen-bond acceptors (Lipinski definition) is 7. The number of nitrogens with two attached hydrogens (primary N) is 1. The molecule has 2 aliphatic rings. The molecule has 10 heteroatoms. The molecule has 9 nitrogen and oxygen atoms in total. The number of aromatic nitrogens is 2. The number of carbonyl (C=O) groups is 2. The first-order valence-electron chi connectivity index (χ1n) is 7.32. The van der Waals surface area contributed by atoms with Gasteiger partial charge >= 0.3 is 5.97 Å². The predicted octanol–water partition coefficient (Wildman–Crippen LogP) is 1.17. The van der Waals surface area contributed by atoms with Gasteiger partial charge in [0, 0.05) is 16.3 Å². The summed E-state index contributed by atoms with van der Waals surface area (Å²) in [6, 6.07) is 6.65. The Hall–Kier alpha value is -3.51. The second kappa shape index (κ2) is 5.24. The number of amides is 1. The van der Waals surface area contributed by atoms with E-state index < -0.39 is 17.3 Å². The Bertz CT molecular complexity index is 1070. The number of benzene rings is 1. The molecule has 2 aromatic rings. The Balaban J connectivity index is 2.16. The number of nitrogens with one attached hydrogen (secondary N) is 2. The van der Waals surface area contributed by atoms with E-state index in [0.29, 0.717) is 16.3 Å². The molecule has 0 saturated heterocycles. The van der Waals surface area contributed by atoms with E-state index in [1.807, 2.05) is 6.07 Å². The molecular weight excluding hydrogens is 362 g/mol. The molecule has 1 aromatic heterocycles. The molecular formula is C16H10ClN5O4. The fraction of sp³-hybridized carbons (Fsp3) is 0.125. The molecule has 4 rings (SSSR count). The van der Waals surface area contributed by atoms with E-state index in [4.69, 9.17) is 26.8 Å². The topological polar surface area (TPSA) is 143 Å². The van der Waals surface area contributed by atoms with Crippen molar-refractivity contribution in [3.05, 3.63) is 51.5 Å². The summed E-state index contributed by atoms with van der Waals surface area (Å²) in [6.45, 7) is 0. The summed E-state index contributed by atoms with van der Waals surface area (Å²) in [7, 11) is 1.18. The molecule has 0 aliphatic carbocycles. The van der Waals surface area contributed by atoms with Crippen molar-refractivity contribution in [2.24, 2.45) is 5.73 Å². The lowest BCUT2D eigenvalue weighted by Gasteiger charge is -2.31. The number of halogens is 1. The molecule has 0 radical (unpaired) electrons. The zero-order chi connectivity index (χ0) is 18.6. The van der Waals surface area contributed by atoms with Crippen molar-refractivity contribution >= 4 is 29.2 Å². The molecule has 26 heavy (non-hydrogen) atoms. The summed E-state index contributed by atoms with van der Waals surface area (Å²) in [5.41, 5.74) is 4.71. The summed E-state index contributed by atoms with van der Waals surface area (Å²) in [4.78, 5) is 25.3. The van der Waals surface area contributed by atoms with Gasteiger partial charge in [0.2, 0.25) is 17.7 Å². The number of carbonyl (C=O) groups excluding carboxylic acids is 2. The maximum Gasteiger partial charge on any atom is 0.356 e. The van der Waals surface area contributed by atoms with E-state index >= 15 is 0 Å². The zero-order valence-electron chi connectivity index (χ0n) is 13.2. The van der Waals surface area contributed by atoms with E-state index in [0.717, 1.165) is 0 Å². The average molecular weight is 372 g/mol. The van der Waals surface area contributed by atoms with Crippen molar-refractivity contribution in [2.75, 3.05) is 12.4 Å². The van der Waals surface area contributed by atoms with Gasteiger partial charge in [-0.2, -0.15) is 5.26 Å². The monoisotopic (exact) mass is 371 g/mol. The molecule has 0 saturated carbocycles.